The molecule has 1 saturated carbocycles. The highest BCUT2D eigenvalue weighted by molar-refractivity contribution is 9.10. The van der Waals surface area contributed by atoms with Crippen LogP contribution in [0.5, 0.6) is 0 Å². The molecule has 3 nitrogen and oxygen atoms in total. The van der Waals surface area contributed by atoms with E-state index in [9.17, 15) is 4.39 Å². The van der Waals surface area contributed by atoms with Crippen molar-refractivity contribution < 1.29 is 9.13 Å². The molecule has 0 radical (unpaired) electrons. The number of rotatable bonds is 6. The summed E-state index contributed by atoms with van der Waals surface area (Å²) in [5, 5.41) is 9.98. The minimum absolute atomic E-state index is 0.0146. The van der Waals surface area contributed by atoms with Gasteiger partial charge in [0.1, 0.15) is 11.9 Å². The second-order valence-corrected chi connectivity index (χ2v) is 8.21. The summed E-state index contributed by atoms with van der Waals surface area (Å²) in [5.41, 5.74) is 0.964. The van der Waals surface area contributed by atoms with Gasteiger partial charge in [0.15, 0.2) is 0 Å². The van der Waals surface area contributed by atoms with Crippen molar-refractivity contribution in [2.45, 2.75) is 84.3 Å². The Morgan fingerprint density at radius 3 is 2.50 bits per heavy atom. The molecule has 0 saturated heterocycles. The van der Waals surface area contributed by atoms with Gasteiger partial charge in [0, 0.05) is 28.7 Å². The minimum atomic E-state index is -0.450. The zero-order chi connectivity index (χ0) is 20.7. The molecule has 28 heavy (non-hydrogen) atoms. The van der Waals surface area contributed by atoms with E-state index >= 15 is 0 Å². The lowest BCUT2D eigenvalue weighted by atomic mass is 9.79. The van der Waals surface area contributed by atoms with E-state index in [0.29, 0.717) is 6.04 Å². The minimum Gasteiger partial charge on any atom is -0.375 e. The molecular weight excluding hydrogens is 419 g/mol. The smallest absolute Gasteiger partial charge is 0.143 e. The van der Waals surface area contributed by atoms with Crippen molar-refractivity contribution in [1.29, 1.82) is 5.26 Å². The number of hydrogen-bond acceptors (Lipinski definition) is 2. The molecule has 2 aromatic rings. The zero-order valence-corrected chi connectivity index (χ0v) is 19.1. The van der Waals surface area contributed by atoms with Crippen LogP contribution in [0.3, 0.4) is 0 Å². The van der Waals surface area contributed by atoms with Crippen molar-refractivity contribution in [3.8, 4) is 6.07 Å². The molecule has 1 aromatic carbocycles. The lowest BCUT2D eigenvalue weighted by Crippen LogP contribution is -2.38. The molecule has 3 rings (SSSR count). The Morgan fingerprint density at radius 1 is 1.25 bits per heavy atom. The second kappa shape index (κ2) is 10.4. The third-order valence-electron chi connectivity index (χ3n) is 5.57. The van der Waals surface area contributed by atoms with Crippen LogP contribution in [0.2, 0.25) is 0 Å². The monoisotopic (exact) mass is 450 g/mol. The number of nitrogens with zero attached hydrogens (tertiary/aromatic N) is 2. The first-order valence-electron chi connectivity index (χ1n) is 10.6. The molecule has 0 unspecified atom stereocenters. The summed E-state index contributed by atoms with van der Waals surface area (Å²) < 4.78 is 23.5. The largest absolute Gasteiger partial charge is 0.375 e. The van der Waals surface area contributed by atoms with Crippen molar-refractivity contribution in [1.82, 2.24) is 4.57 Å². The van der Waals surface area contributed by atoms with E-state index in [1.807, 2.05) is 26.1 Å². The summed E-state index contributed by atoms with van der Waals surface area (Å²) in [7, 11) is 0. The number of aromatic nitrogens is 1. The average molecular weight is 451 g/mol. The maximum Gasteiger partial charge on any atom is 0.143 e. The summed E-state index contributed by atoms with van der Waals surface area (Å²) in [5.74, 6) is -0.450. The highest BCUT2D eigenvalue weighted by atomic mass is 79.9. The SMILES string of the molecule is CC.CCCOC1(CCC)CCC(n2cc(Br)c3cc(C#N)c(F)cc32)CC1. The van der Waals surface area contributed by atoms with Crippen molar-refractivity contribution in [3.63, 3.8) is 0 Å². The quantitative estimate of drug-likeness (QED) is 0.456. The molecule has 5 heteroatoms. The number of halogens is 2. The predicted octanol–water partition coefficient (Wildman–Crippen LogP) is 7.52. The molecule has 0 aliphatic heterocycles. The molecule has 1 heterocycles. The lowest BCUT2D eigenvalue weighted by molar-refractivity contribution is -0.0821. The molecule has 0 spiro atoms. The van der Waals surface area contributed by atoms with Crippen LogP contribution in [0.4, 0.5) is 4.39 Å². The highest BCUT2D eigenvalue weighted by Crippen LogP contribution is 2.42. The van der Waals surface area contributed by atoms with Gasteiger partial charge in [0.25, 0.3) is 0 Å². The van der Waals surface area contributed by atoms with Crippen molar-refractivity contribution >= 4 is 26.8 Å². The zero-order valence-electron chi connectivity index (χ0n) is 17.5. The van der Waals surface area contributed by atoms with E-state index in [1.165, 1.54) is 6.07 Å². The predicted molar refractivity (Wildman–Crippen MR) is 117 cm³/mol. The fourth-order valence-electron chi connectivity index (χ4n) is 4.26. The van der Waals surface area contributed by atoms with Gasteiger partial charge in [-0.3, -0.25) is 0 Å². The lowest BCUT2D eigenvalue weighted by Gasteiger charge is -2.40. The number of hydrogen-bond donors (Lipinski definition) is 0. The summed E-state index contributed by atoms with van der Waals surface area (Å²) >= 11 is 3.58. The summed E-state index contributed by atoms with van der Waals surface area (Å²) in [6.45, 7) is 9.19. The Kier molecular flexibility index (Phi) is 8.52. The average Bonchev–Trinajstić information content (AvgIpc) is 3.03. The number of benzene rings is 1. The number of nitriles is 1. The molecule has 1 fully saturated rings. The Hall–Kier alpha value is -1.38. The summed E-state index contributed by atoms with van der Waals surface area (Å²) in [6.07, 6.45) is 9.47. The van der Waals surface area contributed by atoms with Crippen LogP contribution >= 0.6 is 15.9 Å². The Bertz CT molecular complexity index is 816. The van der Waals surface area contributed by atoms with Gasteiger partial charge in [-0.05, 0) is 66.6 Å². The fraction of sp³-hybridized carbons (Fsp3) is 0.609. The van der Waals surface area contributed by atoms with E-state index < -0.39 is 5.82 Å². The molecule has 1 aliphatic carbocycles. The van der Waals surface area contributed by atoms with Crippen LogP contribution in [-0.4, -0.2) is 16.8 Å². The van der Waals surface area contributed by atoms with Gasteiger partial charge >= 0.3 is 0 Å². The third-order valence-corrected chi connectivity index (χ3v) is 6.20. The van der Waals surface area contributed by atoms with E-state index in [2.05, 4.69) is 34.3 Å². The molecule has 0 atom stereocenters. The first kappa shape index (κ1) is 22.9. The first-order valence-corrected chi connectivity index (χ1v) is 11.4. The fourth-order valence-corrected chi connectivity index (χ4v) is 4.80. The van der Waals surface area contributed by atoms with Crippen molar-refractivity contribution in [2.24, 2.45) is 0 Å². The van der Waals surface area contributed by atoms with Gasteiger partial charge in [-0.15, -0.1) is 0 Å². The maximum absolute atomic E-state index is 14.2. The van der Waals surface area contributed by atoms with Crippen LogP contribution in [0.1, 0.15) is 84.2 Å². The summed E-state index contributed by atoms with van der Waals surface area (Å²) in [4.78, 5) is 0. The number of ether oxygens (including phenoxy) is 1. The topological polar surface area (TPSA) is 38.0 Å². The summed E-state index contributed by atoms with van der Waals surface area (Å²) in [6, 6.07) is 5.40. The highest BCUT2D eigenvalue weighted by Gasteiger charge is 2.36. The third kappa shape index (κ3) is 4.78. The van der Waals surface area contributed by atoms with Gasteiger partial charge in [-0.25, -0.2) is 4.39 Å². The van der Waals surface area contributed by atoms with Gasteiger partial charge in [0.05, 0.1) is 16.7 Å². The van der Waals surface area contributed by atoms with Crippen LogP contribution < -0.4 is 0 Å². The number of fused-ring (bicyclic) bond motifs is 1. The Morgan fingerprint density at radius 2 is 1.93 bits per heavy atom. The van der Waals surface area contributed by atoms with Gasteiger partial charge < -0.3 is 9.30 Å². The molecule has 1 aliphatic rings. The van der Waals surface area contributed by atoms with Crippen LogP contribution in [0.25, 0.3) is 10.9 Å². The molecule has 0 N–H and O–H groups in total. The van der Waals surface area contributed by atoms with E-state index in [0.717, 1.165) is 66.9 Å². The van der Waals surface area contributed by atoms with Crippen molar-refractivity contribution in [3.05, 3.63) is 34.2 Å². The van der Waals surface area contributed by atoms with Crippen molar-refractivity contribution in [2.75, 3.05) is 6.61 Å². The van der Waals surface area contributed by atoms with Crippen LogP contribution in [0, 0.1) is 17.1 Å². The molecule has 0 amide bonds. The molecule has 0 bridgehead atoms. The second-order valence-electron chi connectivity index (χ2n) is 7.36. The van der Waals surface area contributed by atoms with E-state index in [-0.39, 0.29) is 11.2 Å². The Balaban J connectivity index is 0.00000136. The van der Waals surface area contributed by atoms with Gasteiger partial charge in [0.2, 0.25) is 0 Å². The Labute approximate surface area is 177 Å². The first-order chi connectivity index (χ1) is 13.5. The van der Waals surface area contributed by atoms with Gasteiger partial charge in [-0.1, -0.05) is 34.1 Å². The van der Waals surface area contributed by atoms with E-state index in [4.69, 9.17) is 10.00 Å². The van der Waals surface area contributed by atoms with Crippen LogP contribution in [-0.2, 0) is 4.74 Å². The van der Waals surface area contributed by atoms with Crippen LogP contribution in [0.15, 0.2) is 22.8 Å². The normalized spacial score (nSPS) is 21.8. The maximum atomic E-state index is 14.2. The molecule has 1 aromatic heterocycles. The molecule has 154 valence electrons. The van der Waals surface area contributed by atoms with E-state index in [1.54, 1.807) is 6.07 Å². The van der Waals surface area contributed by atoms with Gasteiger partial charge in [-0.2, -0.15) is 5.26 Å². The molecular formula is C23H32BrFN2O. The standard InChI is InChI=1S/C21H26BrFN2O.C2H6/c1-3-7-21(26-10-4-2)8-5-16(6-9-21)25-14-18(22)17-11-15(13-24)19(23)12-20(17)25;1-2/h11-12,14,16H,3-10H2,1-2H3;1-2H3.